The van der Waals surface area contributed by atoms with Gasteiger partial charge in [0.15, 0.2) is 0 Å². The molecule has 0 aliphatic carbocycles. The van der Waals surface area contributed by atoms with Gasteiger partial charge in [0.1, 0.15) is 5.75 Å². The number of rotatable bonds is 8. The maximum Gasteiger partial charge on any atom is 0.250 e. The van der Waals surface area contributed by atoms with Crippen molar-refractivity contribution in [2.45, 2.75) is 19.4 Å². The normalized spacial score (nSPS) is 11.7. The highest BCUT2D eigenvalue weighted by atomic mass is 16.5. The molecule has 0 saturated heterocycles. The first-order chi connectivity index (χ1) is 13.1. The van der Waals surface area contributed by atoms with Crippen LogP contribution in [0.2, 0.25) is 0 Å². The van der Waals surface area contributed by atoms with Gasteiger partial charge in [0, 0.05) is 18.3 Å². The van der Waals surface area contributed by atoms with Crippen LogP contribution in [0.5, 0.6) is 11.6 Å². The van der Waals surface area contributed by atoms with Crippen LogP contribution in [-0.2, 0) is 6.42 Å². The Labute approximate surface area is 159 Å². The van der Waals surface area contributed by atoms with Gasteiger partial charge in [-0.05, 0) is 49.2 Å². The fraction of sp³-hybridized carbons (Fsp3) is 0.182. The molecule has 3 aromatic rings. The van der Waals surface area contributed by atoms with Crippen molar-refractivity contribution in [1.29, 1.82) is 0 Å². The smallest absolute Gasteiger partial charge is 0.250 e. The minimum atomic E-state index is -0.506. The molecular weight excluding hydrogens is 338 g/mol. The second-order valence-electron chi connectivity index (χ2n) is 6.33. The highest BCUT2D eigenvalue weighted by molar-refractivity contribution is 5.92. The summed E-state index contributed by atoms with van der Waals surface area (Å²) in [5, 5.41) is 3.54. The fourth-order valence-electron chi connectivity index (χ4n) is 2.72. The molecule has 1 heterocycles. The molecule has 5 nitrogen and oxygen atoms in total. The van der Waals surface area contributed by atoms with Crippen molar-refractivity contribution in [2.24, 2.45) is 5.73 Å². The molecule has 1 atom stereocenters. The monoisotopic (exact) mass is 361 g/mol. The highest BCUT2D eigenvalue weighted by Gasteiger charge is 2.05. The summed E-state index contributed by atoms with van der Waals surface area (Å²) in [5.74, 6) is 0.614. The number of aromatic nitrogens is 1. The predicted octanol–water partition coefficient (Wildman–Crippen LogP) is 3.87. The molecule has 0 radical (unpaired) electrons. The van der Waals surface area contributed by atoms with E-state index < -0.39 is 5.91 Å². The van der Waals surface area contributed by atoms with Gasteiger partial charge >= 0.3 is 0 Å². The molecule has 2 aromatic carbocycles. The Morgan fingerprint density at radius 1 is 1.07 bits per heavy atom. The van der Waals surface area contributed by atoms with Crippen molar-refractivity contribution >= 4 is 5.91 Å². The van der Waals surface area contributed by atoms with E-state index >= 15 is 0 Å². The minimum Gasteiger partial charge on any atom is -0.439 e. The molecule has 0 aliphatic heterocycles. The zero-order valence-electron chi connectivity index (χ0n) is 15.3. The van der Waals surface area contributed by atoms with Crippen LogP contribution in [0.3, 0.4) is 0 Å². The van der Waals surface area contributed by atoms with Crippen LogP contribution in [0, 0.1) is 0 Å². The highest BCUT2D eigenvalue weighted by Crippen LogP contribution is 2.20. The quantitative estimate of drug-likeness (QED) is 0.638. The lowest BCUT2D eigenvalue weighted by Gasteiger charge is -2.14. The Kier molecular flexibility index (Phi) is 6.18. The van der Waals surface area contributed by atoms with Gasteiger partial charge in [-0.15, -0.1) is 0 Å². The van der Waals surface area contributed by atoms with E-state index in [4.69, 9.17) is 10.5 Å². The van der Waals surface area contributed by atoms with Crippen LogP contribution >= 0.6 is 0 Å². The molecule has 3 rings (SSSR count). The molecule has 1 aromatic heterocycles. The predicted molar refractivity (Wildman–Crippen MR) is 106 cm³/mol. The van der Waals surface area contributed by atoms with E-state index in [-0.39, 0.29) is 0 Å². The van der Waals surface area contributed by atoms with Crippen molar-refractivity contribution < 1.29 is 9.53 Å². The van der Waals surface area contributed by atoms with Crippen molar-refractivity contribution in [3.8, 4) is 11.6 Å². The molecule has 3 N–H and O–H groups in total. The Bertz CT molecular complexity index is 862. The summed E-state index contributed by atoms with van der Waals surface area (Å²) in [5.41, 5.74) is 8.07. The second-order valence-corrected chi connectivity index (χ2v) is 6.33. The van der Waals surface area contributed by atoms with E-state index in [1.165, 1.54) is 17.3 Å². The molecule has 1 unspecified atom stereocenters. The Morgan fingerprint density at radius 2 is 1.81 bits per heavy atom. The third-order valence-corrected chi connectivity index (χ3v) is 4.33. The van der Waals surface area contributed by atoms with Gasteiger partial charge < -0.3 is 15.8 Å². The topological polar surface area (TPSA) is 77.2 Å². The average Bonchev–Trinajstić information content (AvgIpc) is 2.70. The van der Waals surface area contributed by atoms with Crippen LogP contribution in [-0.4, -0.2) is 17.4 Å². The number of nitrogens with zero attached hydrogens (tertiary/aromatic N) is 1. The number of nitrogens with two attached hydrogens (primary N) is 1. The zero-order valence-corrected chi connectivity index (χ0v) is 15.3. The van der Waals surface area contributed by atoms with Gasteiger partial charge in [0.05, 0.1) is 5.56 Å². The SMILES string of the molecule is CC(NCCc1ccc(Oc2ccc(C(N)=O)cn2)cc1)c1ccccc1. The van der Waals surface area contributed by atoms with E-state index in [0.29, 0.717) is 23.2 Å². The van der Waals surface area contributed by atoms with E-state index in [2.05, 4.69) is 41.5 Å². The van der Waals surface area contributed by atoms with Crippen molar-refractivity contribution in [3.63, 3.8) is 0 Å². The molecule has 138 valence electrons. The summed E-state index contributed by atoms with van der Waals surface area (Å²) >= 11 is 0. The summed E-state index contributed by atoms with van der Waals surface area (Å²) in [6, 6.07) is 21.9. The van der Waals surface area contributed by atoms with Gasteiger partial charge in [-0.3, -0.25) is 4.79 Å². The van der Waals surface area contributed by atoms with E-state index in [0.717, 1.165) is 13.0 Å². The number of amides is 1. The third-order valence-electron chi connectivity index (χ3n) is 4.33. The lowest BCUT2D eigenvalue weighted by molar-refractivity contribution is 0.1000. The van der Waals surface area contributed by atoms with Crippen LogP contribution in [0.15, 0.2) is 72.9 Å². The number of carbonyl (C=O) groups is 1. The number of ether oxygens (including phenoxy) is 1. The maximum atomic E-state index is 11.1. The van der Waals surface area contributed by atoms with Crippen LogP contribution < -0.4 is 15.8 Å². The first-order valence-corrected chi connectivity index (χ1v) is 8.93. The van der Waals surface area contributed by atoms with Crippen molar-refractivity contribution in [3.05, 3.63) is 89.6 Å². The fourth-order valence-corrected chi connectivity index (χ4v) is 2.72. The van der Waals surface area contributed by atoms with Gasteiger partial charge in [0.25, 0.3) is 0 Å². The number of benzene rings is 2. The lowest BCUT2D eigenvalue weighted by atomic mass is 10.1. The molecule has 0 aliphatic rings. The molecule has 0 fully saturated rings. The molecule has 1 amide bonds. The summed E-state index contributed by atoms with van der Waals surface area (Å²) in [6.07, 6.45) is 2.34. The van der Waals surface area contributed by atoms with E-state index in [1.807, 2.05) is 30.3 Å². The summed E-state index contributed by atoms with van der Waals surface area (Å²) in [6.45, 7) is 3.06. The Balaban J connectivity index is 1.49. The van der Waals surface area contributed by atoms with Crippen LogP contribution in [0.25, 0.3) is 0 Å². The van der Waals surface area contributed by atoms with Crippen molar-refractivity contribution in [1.82, 2.24) is 10.3 Å². The largest absolute Gasteiger partial charge is 0.439 e. The lowest BCUT2D eigenvalue weighted by Crippen LogP contribution is -2.21. The Hall–Kier alpha value is -3.18. The minimum absolute atomic E-state index is 0.322. The average molecular weight is 361 g/mol. The zero-order chi connectivity index (χ0) is 19.1. The molecule has 0 saturated carbocycles. The van der Waals surface area contributed by atoms with Gasteiger partial charge in [-0.2, -0.15) is 0 Å². The summed E-state index contributed by atoms with van der Waals surface area (Å²) < 4.78 is 5.69. The summed E-state index contributed by atoms with van der Waals surface area (Å²) in [7, 11) is 0. The van der Waals surface area contributed by atoms with Gasteiger partial charge in [-0.25, -0.2) is 4.98 Å². The number of pyridine rings is 1. The first kappa shape index (κ1) is 18.6. The number of carbonyl (C=O) groups excluding carboxylic acids is 1. The maximum absolute atomic E-state index is 11.1. The van der Waals surface area contributed by atoms with Crippen LogP contribution in [0.1, 0.15) is 34.5 Å². The number of hydrogen-bond acceptors (Lipinski definition) is 4. The molecular formula is C22H23N3O2. The van der Waals surface area contributed by atoms with Crippen molar-refractivity contribution in [2.75, 3.05) is 6.54 Å². The molecule has 27 heavy (non-hydrogen) atoms. The number of nitrogens with one attached hydrogen (secondary N) is 1. The molecule has 0 bridgehead atoms. The number of primary amides is 1. The standard InChI is InChI=1S/C22H23N3O2/c1-16(18-5-3-2-4-6-18)24-14-13-17-7-10-20(11-8-17)27-21-12-9-19(15-25-21)22(23)26/h2-12,15-16,24H,13-14H2,1H3,(H2,23,26). The Morgan fingerprint density at radius 3 is 2.44 bits per heavy atom. The summed E-state index contributed by atoms with van der Waals surface area (Å²) in [4.78, 5) is 15.1. The third kappa shape index (κ3) is 5.39. The van der Waals surface area contributed by atoms with Crippen LogP contribution in [0.4, 0.5) is 0 Å². The number of hydrogen-bond donors (Lipinski definition) is 2. The first-order valence-electron chi connectivity index (χ1n) is 8.93. The van der Waals surface area contributed by atoms with E-state index in [9.17, 15) is 4.79 Å². The van der Waals surface area contributed by atoms with Gasteiger partial charge in [-0.1, -0.05) is 42.5 Å². The molecule has 0 spiro atoms. The molecule has 5 heteroatoms. The second kappa shape index (κ2) is 8.96. The van der Waals surface area contributed by atoms with E-state index in [1.54, 1.807) is 12.1 Å². The van der Waals surface area contributed by atoms with Gasteiger partial charge in [0.2, 0.25) is 11.8 Å².